The number of rotatable bonds is 4. The van der Waals surface area contributed by atoms with Crippen molar-refractivity contribution in [2.24, 2.45) is 5.92 Å². The highest BCUT2D eigenvalue weighted by molar-refractivity contribution is 5.95. The highest BCUT2D eigenvalue weighted by atomic mass is 16.2. The van der Waals surface area contributed by atoms with E-state index < -0.39 is 0 Å². The normalized spacial score (nSPS) is 14.5. The first-order valence-corrected chi connectivity index (χ1v) is 5.91. The smallest absolute Gasteiger partial charge is 0.253 e. The summed E-state index contributed by atoms with van der Waals surface area (Å²) in [7, 11) is 3.47. The quantitative estimate of drug-likeness (QED) is 0.745. The minimum Gasteiger partial charge on any atom is -0.345 e. The summed E-state index contributed by atoms with van der Waals surface area (Å²) in [5.74, 6) is 0.693. The first-order chi connectivity index (χ1) is 8.11. The van der Waals surface area contributed by atoms with Crippen LogP contribution in [0.4, 0.5) is 0 Å². The Morgan fingerprint density at radius 3 is 2.65 bits per heavy atom. The zero-order chi connectivity index (χ0) is 12.4. The lowest BCUT2D eigenvalue weighted by molar-refractivity contribution is 0.0827. The van der Waals surface area contributed by atoms with Gasteiger partial charge in [-0.15, -0.1) is 0 Å². The van der Waals surface area contributed by atoms with Crippen LogP contribution in [0.3, 0.4) is 0 Å². The van der Waals surface area contributed by atoms with Gasteiger partial charge in [-0.25, -0.2) is 0 Å². The summed E-state index contributed by atoms with van der Waals surface area (Å²) in [6, 6.07) is 5.34. The fraction of sp³-hybridized carbons (Fsp3) is 0.429. The summed E-state index contributed by atoms with van der Waals surface area (Å²) in [6.45, 7) is 0. The number of benzene rings is 1. The van der Waals surface area contributed by atoms with E-state index in [-0.39, 0.29) is 5.91 Å². The van der Waals surface area contributed by atoms with Gasteiger partial charge in [0.1, 0.15) is 6.29 Å². The van der Waals surface area contributed by atoms with Crippen LogP contribution in [0.1, 0.15) is 39.1 Å². The molecular formula is C14H17NO2. The van der Waals surface area contributed by atoms with Crippen molar-refractivity contribution in [1.82, 2.24) is 4.90 Å². The molecule has 0 aromatic heterocycles. The molecule has 3 heteroatoms. The average molecular weight is 231 g/mol. The lowest BCUT2D eigenvalue weighted by Crippen LogP contribution is -2.21. The monoisotopic (exact) mass is 231 g/mol. The molecule has 1 saturated carbocycles. The minimum atomic E-state index is -0.0144. The van der Waals surface area contributed by atoms with Crippen molar-refractivity contribution < 1.29 is 9.59 Å². The maximum absolute atomic E-state index is 11.8. The SMILES string of the molecule is CN(C)C(=O)c1ccc(C=O)c(CC2CC2)c1. The van der Waals surface area contributed by atoms with Crippen molar-refractivity contribution in [1.29, 1.82) is 0 Å². The molecule has 90 valence electrons. The molecule has 0 radical (unpaired) electrons. The number of carbonyl (C=O) groups is 2. The van der Waals surface area contributed by atoms with Crippen LogP contribution in [0.25, 0.3) is 0 Å². The number of hydrogen-bond acceptors (Lipinski definition) is 2. The Balaban J connectivity index is 2.29. The van der Waals surface area contributed by atoms with E-state index in [4.69, 9.17) is 0 Å². The van der Waals surface area contributed by atoms with Crippen LogP contribution < -0.4 is 0 Å². The van der Waals surface area contributed by atoms with Crippen LogP contribution in [-0.2, 0) is 6.42 Å². The number of aldehydes is 1. The van der Waals surface area contributed by atoms with Gasteiger partial charge >= 0.3 is 0 Å². The van der Waals surface area contributed by atoms with Crippen molar-refractivity contribution in [3.63, 3.8) is 0 Å². The van der Waals surface area contributed by atoms with Gasteiger partial charge in [0.15, 0.2) is 0 Å². The molecule has 0 N–H and O–H groups in total. The first kappa shape index (κ1) is 11.8. The molecule has 3 nitrogen and oxygen atoms in total. The highest BCUT2D eigenvalue weighted by Crippen LogP contribution is 2.33. The van der Waals surface area contributed by atoms with E-state index in [1.54, 1.807) is 31.1 Å². The number of carbonyl (C=O) groups excluding carboxylic acids is 2. The molecular weight excluding hydrogens is 214 g/mol. The highest BCUT2D eigenvalue weighted by Gasteiger charge is 2.23. The summed E-state index contributed by atoms with van der Waals surface area (Å²) in [5.41, 5.74) is 2.39. The van der Waals surface area contributed by atoms with E-state index in [1.807, 2.05) is 6.07 Å². The second-order valence-corrected chi connectivity index (χ2v) is 4.88. The summed E-state index contributed by atoms with van der Waals surface area (Å²) in [4.78, 5) is 24.3. The molecule has 0 heterocycles. The minimum absolute atomic E-state index is 0.0144. The molecule has 1 fully saturated rings. The Morgan fingerprint density at radius 1 is 1.41 bits per heavy atom. The fourth-order valence-corrected chi connectivity index (χ4v) is 1.92. The maximum atomic E-state index is 11.8. The zero-order valence-corrected chi connectivity index (χ0v) is 10.3. The molecule has 0 aliphatic heterocycles. The van der Waals surface area contributed by atoms with Crippen LogP contribution >= 0.6 is 0 Å². The van der Waals surface area contributed by atoms with Gasteiger partial charge < -0.3 is 4.90 Å². The maximum Gasteiger partial charge on any atom is 0.253 e. The summed E-state index contributed by atoms with van der Waals surface area (Å²) in [6.07, 6.45) is 4.28. The van der Waals surface area contributed by atoms with Crippen LogP contribution in [0.2, 0.25) is 0 Å². The molecule has 1 aromatic carbocycles. The third-order valence-electron chi connectivity index (χ3n) is 3.13. The Labute approximate surface area is 101 Å². The van der Waals surface area contributed by atoms with Gasteiger partial charge in [-0.2, -0.15) is 0 Å². The van der Waals surface area contributed by atoms with Crippen molar-refractivity contribution in [3.8, 4) is 0 Å². The molecule has 2 rings (SSSR count). The lowest BCUT2D eigenvalue weighted by atomic mass is 9.99. The number of nitrogens with zero attached hydrogens (tertiary/aromatic N) is 1. The van der Waals surface area contributed by atoms with Crippen LogP contribution in [0.5, 0.6) is 0 Å². The lowest BCUT2D eigenvalue weighted by Gasteiger charge is -2.12. The fourth-order valence-electron chi connectivity index (χ4n) is 1.92. The number of amides is 1. The van der Waals surface area contributed by atoms with E-state index in [2.05, 4.69) is 0 Å². The largest absolute Gasteiger partial charge is 0.345 e. The predicted octanol–water partition coefficient (Wildman–Crippen LogP) is 2.15. The Bertz CT molecular complexity index is 448. The Hall–Kier alpha value is -1.64. The molecule has 1 aliphatic carbocycles. The second-order valence-electron chi connectivity index (χ2n) is 4.88. The third-order valence-corrected chi connectivity index (χ3v) is 3.13. The zero-order valence-electron chi connectivity index (χ0n) is 10.3. The van der Waals surface area contributed by atoms with Crippen molar-refractivity contribution in [3.05, 3.63) is 34.9 Å². The van der Waals surface area contributed by atoms with Gasteiger partial charge in [0, 0.05) is 25.2 Å². The summed E-state index contributed by atoms with van der Waals surface area (Å²) >= 11 is 0. The molecule has 0 saturated heterocycles. The molecule has 0 spiro atoms. The first-order valence-electron chi connectivity index (χ1n) is 5.91. The van der Waals surface area contributed by atoms with E-state index in [0.29, 0.717) is 17.0 Å². The van der Waals surface area contributed by atoms with Gasteiger partial charge in [0.2, 0.25) is 0 Å². The van der Waals surface area contributed by atoms with Crippen molar-refractivity contribution in [2.75, 3.05) is 14.1 Å². The second kappa shape index (κ2) is 4.70. The van der Waals surface area contributed by atoms with E-state index in [1.165, 1.54) is 12.8 Å². The molecule has 0 atom stereocenters. The van der Waals surface area contributed by atoms with Gasteiger partial charge in [-0.3, -0.25) is 9.59 Å². The topological polar surface area (TPSA) is 37.4 Å². The van der Waals surface area contributed by atoms with Crippen LogP contribution in [0.15, 0.2) is 18.2 Å². The van der Waals surface area contributed by atoms with Crippen LogP contribution in [0, 0.1) is 5.92 Å². The van der Waals surface area contributed by atoms with Gasteiger partial charge in [-0.1, -0.05) is 6.07 Å². The Kier molecular flexibility index (Phi) is 3.27. The molecule has 1 aromatic rings. The predicted molar refractivity (Wildman–Crippen MR) is 66.3 cm³/mol. The molecule has 17 heavy (non-hydrogen) atoms. The molecule has 0 unspecified atom stereocenters. The Morgan fingerprint density at radius 2 is 2.12 bits per heavy atom. The van der Waals surface area contributed by atoms with E-state index in [0.717, 1.165) is 18.3 Å². The van der Waals surface area contributed by atoms with Gasteiger partial charge in [0.05, 0.1) is 0 Å². The van der Waals surface area contributed by atoms with E-state index >= 15 is 0 Å². The van der Waals surface area contributed by atoms with E-state index in [9.17, 15) is 9.59 Å². The van der Waals surface area contributed by atoms with Gasteiger partial charge in [-0.05, 0) is 42.9 Å². The summed E-state index contributed by atoms with van der Waals surface area (Å²) in [5, 5.41) is 0. The molecule has 1 amide bonds. The van der Waals surface area contributed by atoms with Crippen molar-refractivity contribution in [2.45, 2.75) is 19.3 Å². The van der Waals surface area contributed by atoms with Crippen LogP contribution in [-0.4, -0.2) is 31.2 Å². The standard InChI is InChI=1S/C14H17NO2/c1-15(2)14(17)11-5-6-12(9-16)13(8-11)7-10-3-4-10/h5-6,8-10H,3-4,7H2,1-2H3. The number of hydrogen-bond donors (Lipinski definition) is 0. The van der Waals surface area contributed by atoms with Gasteiger partial charge in [0.25, 0.3) is 5.91 Å². The average Bonchev–Trinajstić information content (AvgIpc) is 3.11. The third kappa shape index (κ3) is 2.73. The molecule has 0 bridgehead atoms. The summed E-state index contributed by atoms with van der Waals surface area (Å²) < 4.78 is 0. The van der Waals surface area contributed by atoms with Crippen molar-refractivity contribution >= 4 is 12.2 Å². The molecule has 1 aliphatic rings.